The van der Waals surface area contributed by atoms with Crippen LogP contribution in [0.4, 0.5) is 15.8 Å². The summed E-state index contributed by atoms with van der Waals surface area (Å²) >= 11 is 6.44. The first-order chi connectivity index (χ1) is 9.47. The smallest absolute Gasteiger partial charge is 0.270 e. The number of nitrogens with zero attached hydrogens (tertiary/aromatic N) is 1. The van der Waals surface area contributed by atoms with Crippen LogP contribution in [0.25, 0.3) is 0 Å². The van der Waals surface area contributed by atoms with Gasteiger partial charge in [-0.3, -0.25) is 10.1 Å². The molecule has 0 amide bonds. The molecule has 0 aromatic heterocycles. The molecule has 0 spiro atoms. The van der Waals surface area contributed by atoms with Crippen molar-refractivity contribution < 1.29 is 9.31 Å². The summed E-state index contributed by atoms with van der Waals surface area (Å²) in [4.78, 5) is 10.2. The lowest BCUT2D eigenvalue weighted by Crippen LogP contribution is -2.02. The van der Waals surface area contributed by atoms with Gasteiger partial charge in [0.2, 0.25) is 0 Å². The largest absolute Gasteiger partial charge is 0.380 e. The molecule has 2 rings (SSSR count). The lowest BCUT2D eigenvalue weighted by molar-refractivity contribution is -0.384. The van der Waals surface area contributed by atoms with Crippen molar-refractivity contribution in [3.8, 4) is 0 Å². The zero-order valence-corrected chi connectivity index (χ0v) is 13.2. The van der Waals surface area contributed by atoms with E-state index < -0.39 is 4.92 Å². The minimum Gasteiger partial charge on any atom is -0.380 e. The van der Waals surface area contributed by atoms with Gasteiger partial charge in [-0.15, -0.1) is 0 Å². The van der Waals surface area contributed by atoms with Gasteiger partial charge in [0.25, 0.3) is 5.69 Å². The predicted molar refractivity (Wildman–Crippen MR) is 82.2 cm³/mol. The summed E-state index contributed by atoms with van der Waals surface area (Å²) in [6.45, 7) is 0.287. The Labute approximate surface area is 131 Å². The van der Waals surface area contributed by atoms with Gasteiger partial charge in [-0.1, -0.05) is 22.0 Å². The third-order valence-electron chi connectivity index (χ3n) is 2.65. The monoisotopic (exact) mass is 402 g/mol. The highest BCUT2D eigenvalue weighted by Gasteiger charge is 2.09. The number of rotatable bonds is 4. The Hall–Kier alpha value is -1.47. The molecular formula is C13H9Br2FN2O2. The number of nitrogens with one attached hydrogen (secondary N) is 1. The number of nitro groups is 1. The molecule has 0 atom stereocenters. The zero-order valence-electron chi connectivity index (χ0n) is 10.1. The molecule has 0 saturated heterocycles. The summed E-state index contributed by atoms with van der Waals surface area (Å²) in [5.41, 5.74) is 1.17. The molecule has 0 aliphatic carbocycles. The van der Waals surface area contributed by atoms with Crippen molar-refractivity contribution in [1.29, 1.82) is 0 Å². The molecule has 2 aromatic rings. The molecule has 0 aliphatic rings. The first kappa shape index (κ1) is 14.9. The summed E-state index contributed by atoms with van der Waals surface area (Å²) < 4.78 is 14.9. The standard InChI is InChI=1S/C13H9Br2FN2O2/c14-9-2-1-8(12(16)5-9)7-17-13-4-3-10(18(19)20)6-11(13)15/h1-6,17H,7H2. The van der Waals surface area contributed by atoms with Crippen molar-refractivity contribution in [2.24, 2.45) is 0 Å². The van der Waals surface area contributed by atoms with Gasteiger partial charge in [-0.2, -0.15) is 0 Å². The lowest BCUT2D eigenvalue weighted by Gasteiger charge is -2.09. The van der Waals surface area contributed by atoms with Crippen LogP contribution in [0.1, 0.15) is 5.56 Å². The number of hydrogen-bond donors (Lipinski definition) is 1. The molecule has 0 unspecified atom stereocenters. The number of benzene rings is 2. The molecule has 20 heavy (non-hydrogen) atoms. The van der Waals surface area contributed by atoms with E-state index in [1.165, 1.54) is 18.2 Å². The Bertz CT molecular complexity index is 665. The Kier molecular flexibility index (Phi) is 4.72. The van der Waals surface area contributed by atoms with E-state index in [1.54, 1.807) is 18.2 Å². The molecule has 1 N–H and O–H groups in total. The van der Waals surface area contributed by atoms with Crippen molar-refractivity contribution in [2.45, 2.75) is 6.54 Å². The quantitative estimate of drug-likeness (QED) is 0.585. The Balaban J connectivity index is 2.13. The first-order valence-electron chi connectivity index (χ1n) is 5.59. The van der Waals surface area contributed by atoms with E-state index in [0.29, 0.717) is 20.2 Å². The van der Waals surface area contributed by atoms with Gasteiger partial charge >= 0.3 is 0 Å². The fourth-order valence-corrected chi connectivity index (χ4v) is 2.46. The van der Waals surface area contributed by atoms with Gasteiger partial charge in [0.1, 0.15) is 5.82 Å². The average molecular weight is 404 g/mol. The van der Waals surface area contributed by atoms with E-state index in [4.69, 9.17) is 0 Å². The van der Waals surface area contributed by atoms with Crippen molar-refractivity contribution >= 4 is 43.2 Å². The maximum Gasteiger partial charge on any atom is 0.270 e. The van der Waals surface area contributed by atoms with E-state index >= 15 is 0 Å². The van der Waals surface area contributed by atoms with Gasteiger partial charge in [-0.25, -0.2) is 4.39 Å². The molecule has 0 aliphatic heterocycles. The zero-order chi connectivity index (χ0) is 14.7. The lowest BCUT2D eigenvalue weighted by atomic mass is 10.2. The second-order valence-corrected chi connectivity index (χ2v) is 5.78. The second kappa shape index (κ2) is 6.32. The maximum absolute atomic E-state index is 13.7. The van der Waals surface area contributed by atoms with E-state index in [-0.39, 0.29) is 18.0 Å². The summed E-state index contributed by atoms with van der Waals surface area (Å²) in [7, 11) is 0. The summed E-state index contributed by atoms with van der Waals surface area (Å²) in [5.74, 6) is -0.315. The van der Waals surface area contributed by atoms with Gasteiger partial charge in [0.15, 0.2) is 0 Å². The van der Waals surface area contributed by atoms with E-state index in [1.807, 2.05) is 0 Å². The normalized spacial score (nSPS) is 10.3. The minimum absolute atomic E-state index is 0.00255. The van der Waals surface area contributed by atoms with Crippen LogP contribution in [0, 0.1) is 15.9 Å². The van der Waals surface area contributed by atoms with Crippen LogP contribution in [0.2, 0.25) is 0 Å². The average Bonchev–Trinajstić information content (AvgIpc) is 2.38. The fourth-order valence-electron chi connectivity index (χ4n) is 1.62. The molecule has 0 heterocycles. The summed E-state index contributed by atoms with van der Waals surface area (Å²) in [5, 5.41) is 13.7. The number of nitro benzene ring substituents is 1. The predicted octanol–water partition coefficient (Wildman–Crippen LogP) is 4.87. The van der Waals surface area contributed by atoms with Crippen LogP contribution in [-0.4, -0.2) is 4.92 Å². The van der Waals surface area contributed by atoms with Gasteiger partial charge in [0, 0.05) is 38.9 Å². The van der Waals surface area contributed by atoms with Crippen LogP contribution in [0.3, 0.4) is 0 Å². The highest BCUT2D eigenvalue weighted by Crippen LogP contribution is 2.27. The molecule has 2 aromatic carbocycles. The first-order valence-corrected chi connectivity index (χ1v) is 7.17. The topological polar surface area (TPSA) is 55.2 Å². The number of anilines is 1. The van der Waals surface area contributed by atoms with Crippen LogP contribution in [0.5, 0.6) is 0 Å². The molecule has 4 nitrogen and oxygen atoms in total. The Morgan fingerprint density at radius 1 is 1.20 bits per heavy atom. The molecule has 7 heteroatoms. The number of hydrogen-bond acceptors (Lipinski definition) is 3. The van der Waals surface area contributed by atoms with Crippen molar-refractivity contribution in [1.82, 2.24) is 0 Å². The van der Waals surface area contributed by atoms with Gasteiger partial charge in [-0.05, 0) is 34.1 Å². The van der Waals surface area contributed by atoms with Crippen LogP contribution in [0.15, 0.2) is 45.3 Å². The number of non-ortho nitro benzene ring substituents is 1. The van der Waals surface area contributed by atoms with Gasteiger partial charge < -0.3 is 5.32 Å². The SMILES string of the molecule is O=[N+]([O-])c1ccc(NCc2ccc(Br)cc2F)c(Br)c1. The fraction of sp³-hybridized carbons (Fsp3) is 0.0769. The third kappa shape index (κ3) is 3.55. The Morgan fingerprint density at radius 2 is 1.95 bits per heavy atom. The van der Waals surface area contributed by atoms with Gasteiger partial charge in [0.05, 0.1) is 4.92 Å². The van der Waals surface area contributed by atoms with Crippen LogP contribution >= 0.6 is 31.9 Å². The number of halogens is 3. The van der Waals surface area contributed by atoms with Crippen LogP contribution < -0.4 is 5.32 Å². The highest BCUT2D eigenvalue weighted by molar-refractivity contribution is 9.10. The molecule has 0 fully saturated rings. The summed E-state index contributed by atoms with van der Waals surface area (Å²) in [6.07, 6.45) is 0. The minimum atomic E-state index is -0.469. The van der Waals surface area contributed by atoms with Crippen molar-refractivity contribution in [3.05, 3.63) is 66.8 Å². The molecule has 0 saturated carbocycles. The molecule has 104 valence electrons. The van der Waals surface area contributed by atoms with Crippen molar-refractivity contribution in [3.63, 3.8) is 0 Å². The van der Waals surface area contributed by atoms with E-state index in [9.17, 15) is 14.5 Å². The molecule has 0 bridgehead atoms. The van der Waals surface area contributed by atoms with E-state index in [2.05, 4.69) is 37.2 Å². The molecular weight excluding hydrogens is 395 g/mol. The summed E-state index contributed by atoms with van der Waals surface area (Å²) in [6, 6.07) is 9.20. The third-order valence-corrected chi connectivity index (χ3v) is 3.80. The highest BCUT2D eigenvalue weighted by atomic mass is 79.9. The van der Waals surface area contributed by atoms with Crippen LogP contribution in [-0.2, 0) is 6.54 Å². The van der Waals surface area contributed by atoms with Crippen molar-refractivity contribution in [2.75, 3.05) is 5.32 Å². The second-order valence-electron chi connectivity index (χ2n) is 4.01. The Morgan fingerprint density at radius 3 is 2.55 bits per heavy atom. The maximum atomic E-state index is 13.7. The van der Waals surface area contributed by atoms with E-state index in [0.717, 1.165) is 0 Å². The molecule has 0 radical (unpaired) electrons.